The third-order valence-corrected chi connectivity index (χ3v) is 2.66. The fourth-order valence-electron chi connectivity index (χ4n) is 1.74. The second-order valence-electron chi connectivity index (χ2n) is 3.98. The molecule has 0 aliphatic carbocycles. The summed E-state index contributed by atoms with van der Waals surface area (Å²) in [6.45, 7) is -1.02. The zero-order valence-corrected chi connectivity index (χ0v) is 10.4. The third-order valence-electron chi connectivity index (χ3n) is 2.66. The van der Waals surface area contributed by atoms with Gasteiger partial charge in [0.25, 0.3) is 0 Å². The van der Waals surface area contributed by atoms with E-state index in [-0.39, 0.29) is 13.1 Å². The molecule has 2 aromatic heterocycles. The van der Waals surface area contributed by atoms with Crippen LogP contribution >= 0.6 is 0 Å². The lowest BCUT2D eigenvalue weighted by Crippen LogP contribution is -2.09. The minimum Gasteiger partial charge on any atom is -0.377 e. The van der Waals surface area contributed by atoms with Gasteiger partial charge in [0.15, 0.2) is 0 Å². The fourth-order valence-corrected chi connectivity index (χ4v) is 1.74. The Labute approximate surface area is 108 Å². The largest absolute Gasteiger partial charge is 0.377 e. The van der Waals surface area contributed by atoms with Crippen LogP contribution in [0.4, 0.5) is 18.9 Å². The third kappa shape index (κ3) is 3.07. The van der Waals surface area contributed by atoms with E-state index < -0.39 is 13.2 Å². The lowest BCUT2D eigenvalue weighted by molar-refractivity contribution is 0.0537. The van der Waals surface area contributed by atoms with Gasteiger partial charge in [-0.1, -0.05) is 0 Å². The number of hydrogen-bond donors (Lipinski definition) is 1. The monoisotopic (exact) mass is 273 g/mol. The molecule has 8 heteroatoms. The summed E-state index contributed by atoms with van der Waals surface area (Å²) in [4.78, 5) is 0. The summed E-state index contributed by atoms with van der Waals surface area (Å²) in [5.41, 5.74) is 1.75. The van der Waals surface area contributed by atoms with Crippen molar-refractivity contribution in [1.29, 1.82) is 0 Å². The molecule has 1 N–H and O–H groups in total. The van der Waals surface area contributed by atoms with Crippen molar-refractivity contribution in [2.24, 2.45) is 0 Å². The summed E-state index contributed by atoms with van der Waals surface area (Å²) >= 11 is 0. The van der Waals surface area contributed by atoms with E-state index in [0.717, 1.165) is 0 Å². The van der Waals surface area contributed by atoms with Crippen molar-refractivity contribution in [2.75, 3.05) is 12.0 Å². The molecule has 0 spiro atoms. The quantitative estimate of drug-likeness (QED) is 0.879. The van der Waals surface area contributed by atoms with Crippen LogP contribution in [0.2, 0.25) is 0 Å². The molecule has 0 radical (unpaired) electrons. The SMILES string of the molecule is Cc1nn(CCF)cc1NCc1ccnn1C(F)F. The molecule has 104 valence electrons. The minimum atomic E-state index is -2.66. The van der Waals surface area contributed by atoms with Crippen LogP contribution in [0.15, 0.2) is 18.5 Å². The van der Waals surface area contributed by atoms with E-state index >= 15 is 0 Å². The molecular formula is C11H14F3N5. The highest BCUT2D eigenvalue weighted by Crippen LogP contribution is 2.16. The Morgan fingerprint density at radius 3 is 2.89 bits per heavy atom. The van der Waals surface area contributed by atoms with Gasteiger partial charge in [-0.3, -0.25) is 4.68 Å². The average molecular weight is 273 g/mol. The van der Waals surface area contributed by atoms with Crippen molar-refractivity contribution in [1.82, 2.24) is 19.6 Å². The Morgan fingerprint density at radius 2 is 2.21 bits per heavy atom. The van der Waals surface area contributed by atoms with E-state index in [4.69, 9.17) is 0 Å². The fraction of sp³-hybridized carbons (Fsp3) is 0.455. The topological polar surface area (TPSA) is 47.7 Å². The highest BCUT2D eigenvalue weighted by Gasteiger charge is 2.12. The van der Waals surface area contributed by atoms with Gasteiger partial charge in [0.1, 0.15) is 6.67 Å². The molecule has 0 aliphatic heterocycles. The van der Waals surface area contributed by atoms with E-state index in [1.807, 2.05) is 0 Å². The number of alkyl halides is 3. The highest BCUT2D eigenvalue weighted by atomic mass is 19.3. The molecule has 0 amide bonds. The molecule has 0 saturated carbocycles. The summed E-state index contributed by atoms with van der Waals surface area (Å²) in [5.74, 6) is 0. The van der Waals surface area contributed by atoms with Crippen LogP contribution < -0.4 is 5.32 Å². The zero-order chi connectivity index (χ0) is 13.8. The molecule has 0 aromatic carbocycles. The number of aryl methyl sites for hydroxylation is 2. The van der Waals surface area contributed by atoms with Crippen molar-refractivity contribution in [3.8, 4) is 0 Å². The smallest absolute Gasteiger partial charge is 0.333 e. The number of anilines is 1. The number of nitrogens with one attached hydrogen (secondary N) is 1. The summed E-state index contributed by atoms with van der Waals surface area (Å²) in [6, 6.07) is 1.51. The summed E-state index contributed by atoms with van der Waals surface area (Å²) in [5, 5.41) is 10.6. The molecule has 2 aromatic rings. The molecular weight excluding hydrogens is 259 g/mol. The van der Waals surface area contributed by atoms with Gasteiger partial charge in [-0.2, -0.15) is 19.0 Å². The second kappa shape index (κ2) is 5.77. The number of aromatic nitrogens is 4. The first-order chi connectivity index (χ1) is 9.11. The maximum absolute atomic E-state index is 12.6. The van der Waals surface area contributed by atoms with Gasteiger partial charge in [0.2, 0.25) is 0 Å². The number of hydrogen-bond acceptors (Lipinski definition) is 3. The number of rotatable bonds is 6. The molecule has 19 heavy (non-hydrogen) atoms. The normalized spacial score (nSPS) is 11.2. The van der Waals surface area contributed by atoms with Gasteiger partial charge in [-0.05, 0) is 13.0 Å². The van der Waals surface area contributed by atoms with Gasteiger partial charge < -0.3 is 5.32 Å². The molecule has 2 heterocycles. The highest BCUT2D eigenvalue weighted by molar-refractivity contribution is 5.45. The van der Waals surface area contributed by atoms with E-state index in [9.17, 15) is 13.2 Å². The van der Waals surface area contributed by atoms with Crippen LogP contribution in [-0.2, 0) is 13.1 Å². The Morgan fingerprint density at radius 1 is 1.42 bits per heavy atom. The first kappa shape index (κ1) is 13.4. The van der Waals surface area contributed by atoms with Crippen molar-refractivity contribution in [2.45, 2.75) is 26.6 Å². The minimum absolute atomic E-state index is 0.178. The van der Waals surface area contributed by atoms with Crippen LogP contribution in [0, 0.1) is 6.92 Å². The standard InChI is InChI=1S/C11H14F3N5/c1-8-10(7-18(17-8)5-3-12)15-6-9-2-4-16-19(9)11(13)14/h2,4,7,11,15H,3,5-6H2,1H3. The molecule has 5 nitrogen and oxygen atoms in total. The van der Waals surface area contributed by atoms with Gasteiger partial charge in [0.05, 0.1) is 30.2 Å². The first-order valence-corrected chi connectivity index (χ1v) is 5.76. The molecule has 0 saturated heterocycles. The molecule has 0 unspecified atom stereocenters. The van der Waals surface area contributed by atoms with E-state index in [0.29, 0.717) is 21.8 Å². The van der Waals surface area contributed by atoms with Crippen molar-refractivity contribution >= 4 is 5.69 Å². The van der Waals surface area contributed by atoms with E-state index in [2.05, 4.69) is 15.5 Å². The van der Waals surface area contributed by atoms with Crippen LogP contribution in [0.5, 0.6) is 0 Å². The summed E-state index contributed by atoms with van der Waals surface area (Å²) in [7, 11) is 0. The first-order valence-electron chi connectivity index (χ1n) is 5.76. The van der Waals surface area contributed by atoms with Crippen LogP contribution in [0.25, 0.3) is 0 Å². The second-order valence-corrected chi connectivity index (χ2v) is 3.98. The van der Waals surface area contributed by atoms with Crippen LogP contribution in [0.1, 0.15) is 17.9 Å². The lowest BCUT2D eigenvalue weighted by Gasteiger charge is -2.07. The Bertz CT molecular complexity index is 534. The molecule has 0 atom stereocenters. The predicted molar refractivity (Wildman–Crippen MR) is 63.7 cm³/mol. The molecule has 0 bridgehead atoms. The maximum atomic E-state index is 12.6. The molecule has 2 rings (SSSR count). The van der Waals surface area contributed by atoms with Gasteiger partial charge in [0, 0.05) is 12.4 Å². The average Bonchev–Trinajstić information content (AvgIpc) is 2.94. The van der Waals surface area contributed by atoms with Crippen molar-refractivity contribution in [3.63, 3.8) is 0 Å². The van der Waals surface area contributed by atoms with Crippen LogP contribution in [0.3, 0.4) is 0 Å². The van der Waals surface area contributed by atoms with Gasteiger partial charge in [-0.25, -0.2) is 9.07 Å². The van der Waals surface area contributed by atoms with E-state index in [1.54, 1.807) is 13.1 Å². The van der Waals surface area contributed by atoms with Crippen LogP contribution in [-0.4, -0.2) is 26.2 Å². The Hall–Kier alpha value is -1.99. The Balaban J connectivity index is 2.04. The lowest BCUT2D eigenvalue weighted by atomic mass is 10.3. The molecule has 0 fully saturated rings. The number of nitrogens with zero attached hydrogens (tertiary/aromatic N) is 4. The van der Waals surface area contributed by atoms with Gasteiger partial charge >= 0.3 is 6.55 Å². The van der Waals surface area contributed by atoms with Crippen molar-refractivity contribution in [3.05, 3.63) is 29.8 Å². The summed E-state index contributed by atoms with van der Waals surface area (Å²) in [6.07, 6.45) is 2.97. The number of halogens is 3. The van der Waals surface area contributed by atoms with Gasteiger partial charge in [-0.15, -0.1) is 0 Å². The van der Waals surface area contributed by atoms with Crippen molar-refractivity contribution < 1.29 is 13.2 Å². The molecule has 0 aliphatic rings. The predicted octanol–water partition coefficient (Wildman–Crippen LogP) is 2.36. The summed E-state index contributed by atoms with van der Waals surface area (Å²) < 4.78 is 39.5. The zero-order valence-electron chi connectivity index (χ0n) is 10.4. The van der Waals surface area contributed by atoms with E-state index in [1.165, 1.54) is 16.9 Å². The Kier molecular flexibility index (Phi) is 4.08. The maximum Gasteiger partial charge on any atom is 0.333 e.